The van der Waals surface area contributed by atoms with Crippen molar-refractivity contribution in [3.05, 3.63) is 30.3 Å². The molecule has 0 fully saturated rings. The summed E-state index contributed by atoms with van der Waals surface area (Å²) in [7, 11) is 0. The van der Waals surface area contributed by atoms with E-state index in [2.05, 4.69) is 6.92 Å². The SMILES string of the molecule is CCCCCCCC(=O)Oc1cc2ccccc2n1F. The van der Waals surface area contributed by atoms with Crippen LogP contribution in [-0.2, 0) is 4.79 Å². The molecule has 3 nitrogen and oxygen atoms in total. The predicted octanol–water partition coefficient (Wildman–Crippen LogP) is 4.64. The first-order valence-corrected chi connectivity index (χ1v) is 7.19. The van der Waals surface area contributed by atoms with Gasteiger partial charge in [-0.25, -0.2) is 0 Å². The Labute approximate surface area is 118 Å². The van der Waals surface area contributed by atoms with Gasteiger partial charge in [0.25, 0.3) is 0 Å². The molecule has 1 heterocycles. The van der Waals surface area contributed by atoms with Gasteiger partial charge in [0.05, 0.1) is 5.52 Å². The quantitative estimate of drug-likeness (QED) is 0.545. The fourth-order valence-electron chi connectivity index (χ4n) is 2.21. The van der Waals surface area contributed by atoms with Gasteiger partial charge in [0, 0.05) is 17.9 Å². The van der Waals surface area contributed by atoms with Crippen LogP contribution in [0.5, 0.6) is 5.88 Å². The van der Waals surface area contributed by atoms with Crippen LogP contribution in [0.3, 0.4) is 0 Å². The number of esters is 1. The number of ether oxygens (including phenoxy) is 1. The van der Waals surface area contributed by atoms with Crippen LogP contribution in [0.1, 0.15) is 45.4 Å². The van der Waals surface area contributed by atoms with Crippen LogP contribution in [0.25, 0.3) is 10.9 Å². The largest absolute Gasteiger partial charge is 0.407 e. The topological polar surface area (TPSA) is 31.2 Å². The normalized spacial score (nSPS) is 10.9. The third kappa shape index (κ3) is 3.59. The highest BCUT2D eigenvalue weighted by Crippen LogP contribution is 2.25. The molecule has 0 saturated heterocycles. The van der Waals surface area contributed by atoms with Crippen molar-refractivity contribution in [1.82, 2.24) is 4.79 Å². The van der Waals surface area contributed by atoms with E-state index in [1.165, 1.54) is 12.8 Å². The number of rotatable bonds is 7. The van der Waals surface area contributed by atoms with Gasteiger partial charge in [-0.2, -0.15) is 0 Å². The van der Waals surface area contributed by atoms with E-state index in [1.54, 1.807) is 24.3 Å². The summed E-state index contributed by atoms with van der Waals surface area (Å²) in [4.78, 5) is 12.1. The van der Waals surface area contributed by atoms with Crippen molar-refractivity contribution in [3.63, 3.8) is 0 Å². The summed E-state index contributed by atoms with van der Waals surface area (Å²) in [6.45, 7) is 2.15. The van der Waals surface area contributed by atoms with E-state index >= 15 is 0 Å². The monoisotopic (exact) mass is 277 g/mol. The predicted molar refractivity (Wildman–Crippen MR) is 77.5 cm³/mol. The van der Waals surface area contributed by atoms with Gasteiger partial charge in [-0.1, -0.05) is 55.3 Å². The van der Waals surface area contributed by atoms with E-state index in [-0.39, 0.29) is 11.8 Å². The number of hydrogen-bond donors (Lipinski definition) is 0. The Morgan fingerprint density at radius 3 is 2.70 bits per heavy atom. The maximum absolute atomic E-state index is 13.9. The molecule has 0 atom stereocenters. The van der Waals surface area contributed by atoms with Crippen LogP contribution < -0.4 is 4.74 Å². The van der Waals surface area contributed by atoms with Gasteiger partial charge in [0.15, 0.2) is 0 Å². The lowest BCUT2D eigenvalue weighted by molar-refractivity contribution is -0.135. The summed E-state index contributed by atoms with van der Waals surface area (Å²) < 4.78 is 19.0. The molecule has 1 aromatic heterocycles. The molecule has 4 heteroatoms. The van der Waals surface area contributed by atoms with Gasteiger partial charge < -0.3 is 4.74 Å². The molecule has 2 rings (SSSR count). The molecule has 20 heavy (non-hydrogen) atoms. The fourth-order valence-corrected chi connectivity index (χ4v) is 2.21. The van der Waals surface area contributed by atoms with Crippen LogP contribution in [0.2, 0.25) is 0 Å². The minimum Gasteiger partial charge on any atom is -0.407 e. The third-order valence-electron chi connectivity index (χ3n) is 3.32. The molecule has 0 N–H and O–H groups in total. The zero-order chi connectivity index (χ0) is 14.4. The van der Waals surface area contributed by atoms with Crippen molar-refractivity contribution in [2.75, 3.05) is 0 Å². The summed E-state index contributed by atoms with van der Waals surface area (Å²) in [5.41, 5.74) is 0.415. The molecular weight excluding hydrogens is 257 g/mol. The van der Waals surface area contributed by atoms with Crippen molar-refractivity contribution in [2.45, 2.75) is 45.4 Å². The molecule has 1 aromatic carbocycles. The Balaban J connectivity index is 1.88. The lowest BCUT2D eigenvalue weighted by Crippen LogP contribution is -2.09. The van der Waals surface area contributed by atoms with E-state index in [9.17, 15) is 9.28 Å². The number of aromatic nitrogens is 1. The first kappa shape index (κ1) is 14.6. The van der Waals surface area contributed by atoms with E-state index < -0.39 is 0 Å². The maximum Gasteiger partial charge on any atom is 0.312 e. The number of fused-ring (bicyclic) bond motifs is 1. The Kier molecular flexibility index (Phi) is 5.16. The molecular formula is C16H20FNO2. The number of hydrogen-bond acceptors (Lipinski definition) is 2. The molecule has 108 valence electrons. The number of carbonyl (C=O) groups is 1. The van der Waals surface area contributed by atoms with Crippen LogP contribution in [0.4, 0.5) is 4.48 Å². The average Bonchev–Trinajstić information content (AvgIpc) is 2.76. The lowest BCUT2D eigenvalue weighted by Gasteiger charge is -2.03. The number of para-hydroxylation sites is 1. The van der Waals surface area contributed by atoms with Crippen LogP contribution >= 0.6 is 0 Å². The summed E-state index contributed by atoms with van der Waals surface area (Å²) >= 11 is 0. The molecule has 2 aromatic rings. The lowest BCUT2D eigenvalue weighted by atomic mass is 10.1. The second kappa shape index (κ2) is 7.08. The third-order valence-corrected chi connectivity index (χ3v) is 3.32. The van der Waals surface area contributed by atoms with Crippen LogP contribution in [0, 0.1) is 0 Å². The first-order chi connectivity index (χ1) is 9.72. The highest BCUT2D eigenvalue weighted by Gasteiger charge is 2.12. The smallest absolute Gasteiger partial charge is 0.312 e. The van der Waals surface area contributed by atoms with Gasteiger partial charge in [-0.05, 0) is 12.5 Å². The second-order valence-corrected chi connectivity index (χ2v) is 4.96. The molecule has 0 aliphatic heterocycles. The van der Waals surface area contributed by atoms with Crippen LogP contribution in [0.15, 0.2) is 30.3 Å². The number of halogens is 1. The van der Waals surface area contributed by atoms with E-state index in [0.29, 0.717) is 16.7 Å². The van der Waals surface area contributed by atoms with Crippen molar-refractivity contribution < 1.29 is 14.0 Å². The molecule has 0 aliphatic rings. The summed E-state index contributed by atoms with van der Waals surface area (Å²) in [6.07, 6.45) is 5.64. The second-order valence-electron chi connectivity index (χ2n) is 4.96. The Morgan fingerprint density at radius 2 is 1.95 bits per heavy atom. The van der Waals surface area contributed by atoms with Crippen molar-refractivity contribution in [3.8, 4) is 5.88 Å². The molecule has 0 amide bonds. The maximum atomic E-state index is 13.9. The van der Waals surface area contributed by atoms with Crippen LogP contribution in [-0.4, -0.2) is 10.8 Å². The number of carbonyl (C=O) groups excluding carboxylic acids is 1. The molecule has 0 unspecified atom stereocenters. The Morgan fingerprint density at radius 1 is 1.20 bits per heavy atom. The zero-order valence-corrected chi connectivity index (χ0v) is 11.8. The number of unbranched alkanes of at least 4 members (excludes halogenated alkanes) is 4. The van der Waals surface area contributed by atoms with E-state index in [4.69, 9.17) is 4.74 Å². The Bertz CT molecular complexity index is 577. The van der Waals surface area contributed by atoms with Crippen molar-refractivity contribution in [2.24, 2.45) is 0 Å². The summed E-state index contributed by atoms with van der Waals surface area (Å²) in [5, 5.41) is 0.723. The Hall–Kier alpha value is -1.84. The molecule has 0 spiro atoms. The highest BCUT2D eigenvalue weighted by atomic mass is 19.2. The number of nitrogens with zero attached hydrogens (tertiary/aromatic N) is 1. The fraction of sp³-hybridized carbons (Fsp3) is 0.438. The molecule has 0 aliphatic carbocycles. The summed E-state index contributed by atoms with van der Waals surface area (Å²) in [5.74, 6) is -0.409. The van der Waals surface area contributed by atoms with E-state index in [0.717, 1.165) is 24.6 Å². The standard InChI is InChI=1S/C16H20FNO2/c1-2-3-4-5-6-11-16(19)20-15-12-13-9-7-8-10-14(13)18(15)17/h7-10,12H,2-6,11H2,1H3. The van der Waals surface area contributed by atoms with Gasteiger partial charge in [-0.3, -0.25) is 4.79 Å². The first-order valence-electron chi connectivity index (χ1n) is 7.19. The van der Waals surface area contributed by atoms with Gasteiger partial charge in [-0.15, -0.1) is 4.79 Å². The minimum absolute atomic E-state index is 0.0373. The van der Waals surface area contributed by atoms with Crippen molar-refractivity contribution in [1.29, 1.82) is 0 Å². The van der Waals surface area contributed by atoms with Gasteiger partial charge >= 0.3 is 5.97 Å². The highest BCUT2D eigenvalue weighted by molar-refractivity contribution is 5.83. The zero-order valence-electron chi connectivity index (χ0n) is 11.8. The molecule has 0 radical (unpaired) electrons. The molecule has 0 bridgehead atoms. The van der Waals surface area contributed by atoms with Crippen molar-refractivity contribution >= 4 is 16.9 Å². The minimum atomic E-state index is -0.372. The van der Waals surface area contributed by atoms with Gasteiger partial charge in [0.1, 0.15) is 0 Å². The average molecular weight is 277 g/mol. The molecule has 0 saturated carbocycles. The van der Waals surface area contributed by atoms with Gasteiger partial charge in [0.2, 0.25) is 5.88 Å². The summed E-state index contributed by atoms with van der Waals surface area (Å²) in [6, 6.07) is 8.55. The number of benzene rings is 1. The van der Waals surface area contributed by atoms with E-state index in [1.807, 2.05) is 6.07 Å².